The Morgan fingerprint density at radius 3 is 2.43 bits per heavy atom. The highest BCUT2D eigenvalue weighted by Gasteiger charge is 2.18. The quantitative estimate of drug-likeness (QED) is 0.412. The first-order valence-electron chi connectivity index (χ1n) is 6.35. The SMILES string of the molecule is COc1cc(C=Nc2ccc(Br)c(Cl)c2)c([N+](=O)[O-])cc1OC. The molecule has 23 heavy (non-hydrogen) atoms. The number of hydrogen-bond donors (Lipinski definition) is 0. The molecule has 2 aromatic carbocycles. The third kappa shape index (κ3) is 4.00. The Bertz CT molecular complexity index is 780. The standard InChI is InChI=1S/C15H12BrClN2O4/c1-22-14-5-9(13(19(20)21)7-15(14)23-2)8-18-10-3-4-11(16)12(17)6-10/h3-8H,1-2H3. The molecular formula is C15H12BrClN2O4. The fourth-order valence-corrected chi connectivity index (χ4v) is 2.28. The Morgan fingerprint density at radius 2 is 1.87 bits per heavy atom. The van der Waals surface area contributed by atoms with Gasteiger partial charge in [0, 0.05) is 10.7 Å². The molecular weight excluding hydrogens is 388 g/mol. The van der Waals surface area contributed by atoms with Crippen LogP contribution in [0.25, 0.3) is 0 Å². The van der Waals surface area contributed by atoms with Crippen LogP contribution in [0.4, 0.5) is 11.4 Å². The highest BCUT2D eigenvalue weighted by molar-refractivity contribution is 9.10. The summed E-state index contributed by atoms with van der Waals surface area (Å²) in [5.74, 6) is 0.663. The lowest BCUT2D eigenvalue weighted by Gasteiger charge is -2.08. The van der Waals surface area contributed by atoms with Crippen molar-refractivity contribution in [2.24, 2.45) is 4.99 Å². The number of benzene rings is 2. The Kier molecular flexibility index (Phi) is 5.57. The third-order valence-corrected chi connectivity index (χ3v) is 4.22. The molecule has 0 saturated heterocycles. The second kappa shape index (κ2) is 7.43. The van der Waals surface area contributed by atoms with Gasteiger partial charge < -0.3 is 9.47 Å². The van der Waals surface area contributed by atoms with Crippen molar-refractivity contribution in [3.63, 3.8) is 0 Å². The summed E-state index contributed by atoms with van der Waals surface area (Å²) in [6.45, 7) is 0. The molecule has 0 aromatic heterocycles. The van der Waals surface area contributed by atoms with E-state index in [9.17, 15) is 10.1 Å². The highest BCUT2D eigenvalue weighted by atomic mass is 79.9. The Morgan fingerprint density at radius 1 is 1.22 bits per heavy atom. The van der Waals surface area contributed by atoms with E-state index in [0.717, 1.165) is 4.47 Å². The Hall–Kier alpha value is -2.12. The van der Waals surface area contributed by atoms with Crippen molar-refractivity contribution in [3.8, 4) is 11.5 Å². The average Bonchev–Trinajstić information content (AvgIpc) is 2.54. The predicted molar refractivity (Wildman–Crippen MR) is 92.6 cm³/mol. The molecule has 0 amide bonds. The molecule has 0 aliphatic carbocycles. The van der Waals surface area contributed by atoms with Gasteiger partial charge in [-0.2, -0.15) is 0 Å². The highest BCUT2D eigenvalue weighted by Crippen LogP contribution is 2.34. The maximum absolute atomic E-state index is 11.2. The number of methoxy groups -OCH3 is 2. The van der Waals surface area contributed by atoms with Crippen molar-refractivity contribution in [1.29, 1.82) is 0 Å². The molecule has 0 N–H and O–H groups in total. The molecule has 0 unspecified atom stereocenters. The Balaban J connectivity index is 2.46. The van der Waals surface area contributed by atoms with Crippen LogP contribution in [-0.2, 0) is 0 Å². The molecule has 120 valence electrons. The number of nitro groups is 1. The number of nitrogens with zero attached hydrogens (tertiary/aromatic N) is 2. The van der Waals surface area contributed by atoms with Gasteiger partial charge in [-0.05, 0) is 40.2 Å². The van der Waals surface area contributed by atoms with Crippen LogP contribution in [0.1, 0.15) is 5.56 Å². The van der Waals surface area contributed by atoms with Crippen LogP contribution in [0.5, 0.6) is 11.5 Å². The van der Waals surface area contributed by atoms with Crippen LogP contribution in [0, 0.1) is 10.1 Å². The van der Waals surface area contributed by atoms with Gasteiger partial charge in [0.15, 0.2) is 11.5 Å². The van der Waals surface area contributed by atoms with E-state index < -0.39 is 4.92 Å². The first-order chi connectivity index (χ1) is 11.0. The smallest absolute Gasteiger partial charge is 0.282 e. The van der Waals surface area contributed by atoms with E-state index in [0.29, 0.717) is 22.0 Å². The van der Waals surface area contributed by atoms with E-state index in [1.54, 1.807) is 18.2 Å². The zero-order chi connectivity index (χ0) is 17.0. The third-order valence-electron chi connectivity index (χ3n) is 2.99. The van der Waals surface area contributed by atoms with Gasteiger partial charge in [-0.3, -0.25) is 15.1 Å². The molecule has 0 saturated carbocycles. The molecule has 0 radical (unpaired) electrons. The second-order valence-electron chi connectivity index (χ2n) is 4.38. The molecule has 0 heterocycles. The average molecular weight is 400 g/mol. The normalized spacial score (nSPS) is 10.8. The summed E-state index contributed by atoms with van der Waals surface area (Å²) in [5, 5.41) is 11.7. The predicted octanol–water partition coefficient (Wildman–Crippen LogP) is 4.78. The maximum atomic E-state index is 11.2. The van der Waals surface area contributed by atoms with Gasteiger partial charge in [0.1, 0.15) is 0 Å². The Labute approximate surface area is 146 Å². The number of ether oxygens (including phenoxy) is 2. The maximum Gasteiger partial charge on any atom is 0.282 e. The van der Waals surface area contributed by atoms with Crippen LogP contribution in [-0.4, -0.2) is 25.4 Å². The topological polar surface area (TPSA) is 74.0 Å². The minimum Gasteiger partial charge on any atom is -0.493 e. The zero-order valence-corrected chi connectivity index (χ0v) is 14.6. The monoisotopic (exact) mass is 398 g/mol. The van der Waals surface area contributed by atoms with Crippen LogP contribution in [0.3, 0.4) is 0 Å². The molecule has 0 bridgehead atoms. The van der Waals surface area contributed by atoms with Crippen molar-refractivity contribution < 1.29 is 14.4 Å². The van der Waals surface area contributed by atoms with E-state index in [1.807, 2.05) is 0 Å². The van der Waals surface area contributed by atoms with E-state index in [1.165, 1.54) is 32.6 Å². The molecule has 0 aliphatic heterocycles. The lowest BCUT2D eigenvalue weighted by atomic mass is 10.1. The summed E-state index contributed by atoms with van der Waals surface area (Å²) in [4.78, 5) is 14.9. The van der Waals surface area contributed by atoms with E-state index >= 15 is 0 Å². The molecule has 0 fully saturated rings. The van der Waals surface area contributed by atoms with Crippen molar-refractivity contribution in [3.05, 3.63) is 55.5 Å². The molecule has 2 aromatic rings. The van der Waals surface area contributed by atoms with E-state index in [4.69, 9.17) is 21.1 Å². The summed E-state index contributed by atoms with van der Waals surface area (Å²) in [5.41, 5.74) is 0.739. The van der Waals surface area contributed by atoms with E-state index in [-0.39, 0.29) is 11.4 Å². The van der Waals surface area contributed by atoms with Crippen molar-refractivity contribution in [1.82, 2.24) is 0 Å². The summed E-state index contributed by atoms with van der Waals surface area (Å²) < 4.78 is 11.0. The number of hydrogen-bond acceptors (Lipinski definition) is 5. The molecule has 8 heteroatoms. The van der Waals surface area contributed by atoms with Crippen LogP contribution in [0.2, 0.25) is 5.02 Å². The lowest BCUT2D eigenvalue weighted by Crippen LogP contribution is -1.98. The van der Waals surface area contributed by atoms with Crippen LogP contribution in [0.15, 0.2) is 39.8 Å². The first-order valence-corrected chi connectivity index (χ1v) is 7.53. The summed E-state index contributed by atoms with van der Waals surface area (Å²) in [7, 11) is 2.87. The fourth-order valence-electron chi connectivity index (χ4n) is 1.85. The van der Waals surface area contributed by atoms with Gasteiger partial charge in [-0.1, -0.05) is 11.6 Å². The second-order valence-corrected chi connectivity index (χ2v) is 5.64. The van der Waals surface area contributed by atoms with Gasteiger partial charge in [0.25, 0.3) is 5.69 Å². The molecule has 2 rings (SSSR count). The van der Waals surface area contributed by atoms with E-state index in [2.05, 4.69) is 20.9 Å². The summed E-state index contributed by atoms with van der Waals surface area (Å²) >= 11 is 9.29. The zero-order valence-electron chi connectivity index (χ0n) is 12.2. The molecule has 6 nitrogen and oxygen atoms in total. The lowest BCUT2D eigenvalue weighted by molar-refractivity contribution is -0.385. The van der Waals surface area contributed by atoms with Crippen molar-refractivity contribution >= 4 is 45.1 Å². The number of rotatable bonds is 5. The van der Waals surface area contributed by atoms with Gasteiger partial charge in [0.05, 0.1) is 41.5 Å². The first kappa shape index (κ1) is 17.2. The van der Waals surface area contributed by atoms with Crippen LogP contribution < -0.4 is 9.47 Å². The number of nitro benzene ring substituents is 1. The molecule has 0 atom stereocenters. The van der Waals surface area contributed by atoms with Crippen LogP contribution >= 0.6 is 27.5 Å². The van der Waals surface area contributed by atoms with Gasteiger partial charge in [-0.15, -0.1) is 0 Å². The number of aliphatic imine (C=N–C) groups is 1. The number of halogens is 2. The molecule has 0 spiro atoms. The van der Waals surface area contributed by atoms with Gasteiger partial charge >= 0.3 is 0 Å². The fraction of sp³-hybridized carbons (Fsp3) is 0.133. The van der Waals surface area contributed by atoms with Crippen molar-refractivity contribution in [2.45, 2.75) is 0 Å². The summed E-state index contributed by atoms with van der Waals surface area (Å²) in [6.07, 6.45) is 1.39. The van der Waals surface area contributed by atoms with Gasteiger partial charge in [-0.25, -0.2) is 0 Å². The largest absolute Gasteiger partial charge is 0.493 e. The minimum absolute atomic E-state index is 0.130. The van der Waals surface area contributed by atoms with Gasteiger partial charge in [0.2, 0.25) is 0 Å². The van der Waals surface area contributed by atoms with Crippen molar-refractivity contribution in [2.75, 3.05) is 14.2 Å². The summed E-state index contributed by atoms with van der Waals surface area (Å²) in [6, 6.07) is 7.93. The minimum atomic E-state index is -0.502. The molecule has 0 aliphatic rings.